The van der Waals surface area contributed by atoms with Gasteiger partial charge >= 0.3 is 0 Å². The number of aliphatic hydroxyl groups is 11. The number of carbonyl (C=O) groups is 1. The van der Waals surface area contributed by atoms with Crippen LogP contribution in [0.2, 0.25) is 0 Å². The van der Waals surface area contributed by atoms with Gasteiger partial charge in [0.25, 0.3) is 0 Å². The number of hydrogen-bond donors (Lipinski definition) is 12. The molecule has 564 valence electrons. The zero-order valence-electron chi connectivity index (χ0n) is 60.0. The molecule has 19 nitrogen and oxygen atoms in total. The molecular formula is C78H139NO18. The molecule has 3 fully saturated rings. The summed E-state index contributed by atoms with van der Waals surface area (Å²) in [7, 11) is 0. The summed E-state index contributed by atoms with van der Waals surface area (Å²) in [5, 5.41) is 121. The second-order valence-corrected chi connectivity index (χ2v) is 27.4. The van der Waals surface area contributed by atoms with Gasteiger partial charge in [0.1, 0.15) is 73.2 Å². The fourth-order valence-corrected chi connectivity index (χ4v) is 12.9. The highest BCUT2D eigenvalue weighted by Crippen LogP contribution is 2.33. The van der Waals surface area contributed by atoms with Gasteiger partial charge in [0.15, 0.2) is 18.9 Å². The second-order valence-electron chi connectivity index (χ2n) is 27.4. The van der Waals surface area contributed by atoms with Crippen LogP contribution in [-0.4, -0.2) is 193 Å². The second kappa shape index (κ2) is 58.7. The van der Waals surface area contributed by atoms with Crippen LogP contribution in [0.5, 0.6) is 0 Å². The Hall–Kier alpha value is -2.77. The van der Waals surface area contributed by atoms with Crippen molar-refractivity contribution in [2.24, 2.45) is 0 Å². The molecule has 0 radical (unpaired) electrons. The van der Waals surface area contributed by atoms with Crippen molar-refractivity contribution >= 4 is 5.91 Å². The SMILES string of the molecule is CC/C=C\C/C=C\C/C=C\C/C=C\C/C=C\C/C=C\CCC(=O)NC(COC1OC(CO)C(OC2OC(CO)C(OC3OC(CO)C(O)C(O)C3O)C(O)C2O)C(O)C1O)C(O)CCCCCCCCCCCCCCCCCCCCCCCCCCCCCCCCCCC. The Morgan fingerprint density at radius 3 is 1.05 bits per heavy atom. The number of nitrogens with one attached hydrogen (secondary N) is 1. The average Bonchev–Trinajstić information content (AvgIpc) is 0.795. The van der Waals surface area contributed by atoms with Crippen LogP contribution in [0.3, 0.4) is 0 Å². The van der Waals surface area contributed by atoms with E-state index in [4.69, 9.17) is 28.4 Å². The molecule has 0 spiro atoms. The lowest BCUT2D eigenvalue weighted by atomic mass is 9.96. The summed E-state index contributed by atoms with van der Waals surface area (Å²) in [6.07, 6.45) is 48.8. The van der Waals surface area contributed by atoms with Gasteiger partial charge in [0.05, 0.1) is 38.6 Å². The molecular weight excluding hydrogens is 1240 g/mol. The minimum atomic E-state index is -1.98. The first-order valence-corrected chi connectivity index (χ1v) is 38.7. The van der Waals surface area contributed by atoms with Crippen molar-refractivity contribution in [3.63, 3.8) is 0 Å². The van der Waals surface area contributed by atoms with E-state index in [1.807, 2.05) is 12.2 Å². The Bertz CT molecular complexity index is 2040. The number of allylic oxidation sites excluding steroid dienone is 12. The maximum atomic E-state index is 13.4. The van der Waals surface area contributed by atoms with E-state index in [0.29, 0.717) is 25.7 Å². The summed E-state index contributed by atoms with van der Waals surface area (Å²) in [5.74, 6) is -0.324. The van der Waals surface area contributed by atoms with E-state index in [2.05, 4.69) is 79.9 Å². The van der Waals surface area contributed by atoms with E-state index >= 15 is 0 Å². The third kappa shape index (κ3) is 39.5. The van der Waals surface area contributed by atoms with Gasteiger partial charge < -0.3 is 89.9 Å². The third-order valence-electron chi connectivity index (χ3n) is 19.1. The first kappa shape index (κ1) is 88.4. The van der Waals surface area contributed by atoms with Crippen LogP contribution >= 0.6 is 0 Å². The molecule has 3 heterocycles. The maximum Gasteiger partial charge on any atom is 0.220 e. The molecule has 19 heteroatoms. The lowest BCUT2D eigenvalue weighted by molar-refractivity contribution is -0.379. The Labute approximate surface area is 585 Å². The number of unbranched alkanes of at least 4 members (excludes halogenated alkanes) is 32. The van der Waals surface area contributed by atoms with Gasteiger partial charge in [-0.15, -0.1) is 0 Å². The molecule has 0 aromatic carbocycles. The average molecular weight is 1380 g/mol. The molecule has 0 bridgehead atoms. The van der Waals surface area contributed by atoms with E-state index in [1.54, 1.807) is 0 Å². The molecule has 0 aromatic heterocycles. The van der Waals surface area contributed by atoms with Gasteiger partial charge in [-0.05, 0) is 51.4 Å². The number of amides is 1. The van der Waals surface area contributed by atoms with Gasteiger partial charge in [0, 0.05) is 6.42 Å². The molecule has 97 heavy (non-hydrogen) atoms. The summed E-state index contributed by atoms with van der Waals surface area (Å²) in [6.45, 7) is 1.65. The van der Waals surface area contributed by atoms with Crippen molar-refractivity contribution in [3.8, 4) is 0 Å². The predicted octanol–water partition coefficient (Wildman–Crippen LogP) is 12.1. The number of hydrogen-bond acceptors (Lipinski definition) is 18. The Balaban J connectivity index is 1.37. The molecule has 1 amide bonds. The molecule has 0 aliphatic carbocycles. The standard InChI is InChI=1S/C78H139NO18/c1-3-5-7-9-11-13-15-17-19-21-23-24-25-26-27-28-29-30-31-32-33-34-35-36-38-39-41-43-45-47-49-51-53-55-62(83)61(79-66(84)56-54-52-50-48-46-44-42-40-37-22-20-18-16-14-12-10-8-6-4-2)60-92-76-72(90)69(87)74(64(58-81)94-76)97-78-73(91)70(88)75(65(59-82)95-78)96-77-71(89)68(86)67(85)63(57-80)93-77/h6,8,12,14,18,20,37,40,44,46,50,52,61-65,67-78,80-83,85-91H,3-5,7,9-11,13,15-17,19,21-36,38-39,41-43,45,47-49,51,53-60H2,1-2H3,(H,79,84)/b8-6-,14-12-,20-18-,40-37-,46-44-,52-50-. The highest BCUT2D eigenvalue weighted by atomic mass is 16.8. The van der Waals surface area contributed by atoms with Crippen LogP contribution in [0, 0.1) is 0 Å². The highest BCUT2D eigenvalue weighted by Gasteiger charge is 2.53. The topological polar surface area (TPSA) is 307 Å². The minimum Gasteiger partial charge on any atom is -0.394 e. The molecule has 3 saturated heterocycles. The van der Waals surface area contributed by atoms with Crippen molar-refractivity contribution in [1.82, 2.24) is 5.32 Å². The third-order valence-corrected chi connectivity index (χ3v) is 19.1. The maximum absolute atomic E-state index is 13.4. The quantitative estimate of drug-likeness (QED) is 0.0199. The Kier molecular flexibility index (Phi) is 53.5. The van der Waals surface area contributed by atoms with Gasteiger partial charge in [0.2, 0.25) is 5.91 Å². The fourth-order valence-electron chi connectivity index (χ4n) is 12.9. The van der Waals surface area contributed by atoms with E-state index in [1.165, 1.54) is 186 Å². The van der Waals surface area contributed by atoms with E-state index in [9.17, 15) is 61.0 Å². The normalized spacial score (nSPS) is 27.3. The summed E-state index contributed by atoms with van der Waals surface area (Å²) < 4.78 is 34.4. The fraction of sp³-hybridized carbons (Fsp3) is 0.833. The summed E-state index contributed by atoms with van der Waals surface area (Å²) in [5.41, 5.74) is 0. The van der Waals surface area contributed by atoms with Crippen LogP contribution in [0.25, 0.3) is 0 Å². The number of aliphatic hydroxyl groups excluding tert-OH is 11. The smallest absolute Gasteiger partial charge is 0.220 e. The monoisotopic (exact) mass is 1380 g/mol. The summed E-state index contributed by atoms with van der Waals surface area (Å²) >= 11 is 0. The number of rotatable bonds is 60. The van der Waals surface area contributed by atoms with Crippen molar-refractivity contribution in [3.05, 3.63) is 72.9 Å². The number of carbonyl (C=O) groups excluding carboxylic acids is 1. The lowest BCUT2D eigenvalue weighted by Crippen LogP contribution is -2.66. The van der Waals surface area contributed by atoms with Crippen molar-refractivity contribution in [1.29, 1.82) is 0 Å². The van der Waals surface area contributed by atoms with Crippen molar-refractivity contribution in [2.75, 3.05) is 26.4 Å². The highest BCUT2D eigenvalue weighted by molar-refractivity contribution is 5.76. The zero-order chi connectivity index (χ0) is 70.4. The summed E-state index contributed by atoms with van der Waals surface area (Å²) in [6, 6.07) is -0.934. The largest absolute Gasteiger partial charge is 0.394 e. The van der Waals surface area contributed by atoms with Crippen LogP contribution in [0.1, 0.15) is 284 Å². The zero-order valence-corrected chi connectivity index (χ0v) is 60.0. The molecule has 17 atom stereocenters. The van der Waals surface area contributed by atoms with Gasteiger partial charge in [-0.1, -0.05) is 299 Å². The molecule has 0 aromatic rings. The van der Waals surface area contributed by atoms with Crippen LogP contribution in [0.15, 0.2) is 72.9 Å². The van der Waals surface area contributed by atoms with Gasteiger partial charge in [-0.3, -0.25) is 4.79 Å². The number of ether oxygens (including phenoxy) is 6. The van der Waals surface area contributed by atoms with Crippen LogP contribution < -0.4 is 5.32 Å². The van der Waals surface area contributed by atoms with E-state index in [0.717, 1.165) is 51.4 Å². The van der Waals surface area contributed by atoms with Crippen molar-refractivity contribution in [2.45, 2.75) is 388 Å². The molecule has 3 aliphatic rings. The van der Waals surface area contributed by atoms with Gasteiger partial charge in [-0.25, -0.2) is 0 Å². The van der Waals surface area contributed by atoms with Gasteiger partial charge in [-0.2, -0.15) is 0 Å². The van der Waals surface area contributed by atoms with E-state index < -0.39 is 124 Å². The molecule has 12 N–H and O–H groups in total. The van der Waals surface area contributed by atoms with Crippen LogP contribution in [0.4, 0.5) is 0 Å². The first-order valence-electron chi connectivity index (χ1n) is 38.7. The lowest BCUT2D eigenvalue weighted by Gasteiger charge is -2.48. The van der Waals surface area contributed by atoms with Crippen molar-refractivity contribution < 1.29 is 89.4 Å². The van der Waals surface area contributed by atoms with Crippen LogP contribution in [-0.2, 0) is 33.2 Å². The predicted molar refractivity (Wildman–Crippen MR) is 383 cm³/mol. The minimum absolute atomic E-state index is 0.138. The Morgan fingerprint density at radius 1 is 0.381 bits per heavy atom. The molecule has 3 aliphatic heterocycles. The first-order chi connectivity index (χ1) is 47.3. The molecule has 0 saturated carbocycles. The summed E-state index contributed by atoms with van der Waals surface area (Å²) in [4.78, 5) is 13.4. The van der Waals surface area contributed by atoms with E-state index in [-0.39, 0.29) is 18.9 Å². The Morgan fingerprint density at radius 2 is 0.691 bits per heavy atom. The molecule has 17 unspecified atom stereocenters. The molecule has 3 rings (SSSR count).